The van der Waals surface area contributed by atoms with Crippen LogP contribution < -0.4 is 16.4 Å². The molecule has 1 aliphatic heterocycles. The molecule has 98 valence electrons. The number of amides is 2. The average Bonchev–Trinajstić information content (AvgIpc) is 2.73. The van der Waals surface area contributed by atoms with Crippen molar-refractivity contribution < 1.29 is 9.59 Å². The molecule has 0 saturated carbocycles. The second-order valence-corrected chi connectivity index (χ2v) is 4.95. The molecule has 1 unspecified atom stereocenters. The van der Waals surface area contributed by atoms with Gasteiger partial charge < -0.3 is 21.3 Å². The summed E-state index contributed by atoms with van der Waals surface area (Å²) in [5.41, 5.74) is 5.72. The number of aromatic nitrogens is 1. The first-order valence-electron chi connectivity index (χ1n) is 5.57. The molecule has 1 aromatic heterocycles. The van der Waals surface area contributed by atoms with Crippen molar-refractivity contribution >= 4 is 34.1 Å². The minimum atomic E-state index is -0.481. The van der Waals surface area contributed by atoms with Crippen LogP contribution in [0.5, 0.6) is 0 Å². The molecule has 2 heterocycles. The summed E-state index contributed by atoms with van der Waals surface area (Å²) >= 11 is 1.19. The van der Waals surface area contributed by atoms with E-state index in [1.807, 2.05) is 0 Å². The van der Waals surface area contributed by atoms with Gasteiger partial charge in [0.2, 0.25) is 5.91 Å². The van der Waals surface area contributed by atoms with Crippen molar-refractivity contribution in [1.82, 2.24) is 15.2 Å². The number of rotatable bonds is 2. The number of nitrogens with zero attached hydrogens (tertiary/aromatic N) is 2. The number of anilines is 2. The van der Waals surface area contributed by atoms with E-state index in [1.165, 1.54) is 16.2 Å². The van der Waals surface area contributed by atoms with E-state index in [0.29, 0.717) is 23.1 Å². The Morgan fingerprint density at radius 2 is 2.39 bits per heavy atom. The van der Waals surface area contributed by atoms with Crippen LogP contribution in [-0.2, 0) is 4.79 Å². The smallest absolute Gasteiger partial charge is 0.268 e. The van der Waals surface area contributed by atoms with Crippen molar-refractivity contribution in [3.05, 3.63) is 4.88 Å². The molecule has 8 heteroatoms. The summed E-state index contributed by atoms with van der Waals surface area (Å²) in [6.45, 7) is 2.65. The lowest BCUT2D eigenvalue weighted by atomic mass is 10.2. The minimum absolute atomic E-state index is 0.147. The first-order chi connectivity index (χ1) is 8.54. The van der Waals surface area contributed by atoms with E-state index < -0.39 is 6.04 Å². The molecule has 1 atom stereocenters. The van der Waals surface area contributed by atoms with Gasteiger partial charge in [-0.2, -0.15) is 0 Å². The minimum Gasteiger partial charge on any atom is -0.382 e. The molecule has 0 spiro atoms. The van der Waals surface area contributed by atoms with Crippen LogP contribution in [0.4, 0.5) is 10.9 Å². The Morgan fingerprint density at radius 3 is 3.00 bits per heavy atom. The fraction of sp³-hybridized carbons (Fsp3) is 0.500. The number of nitrogens with two attached hydrogens (primary N) is 1. The predicted octanol–water partition coefficient (Wildman–Crippen LogP) is -0.272. The zero-order valence-corrected chi connectivity index (χ0v) is 11.0. The van der Waals surface area contributed by atoms with Crippen LogP contribution in [0, 0.1) is 0 Å². The number of piperazine rings is 1. The molecule has 7 nitrogen and oxygen atoms in total. The zero-order chi connectivity index (χ0) is 13.3. The topological polar surface area (TPSA) is 100 Å². The van der Waals surface area contributed by atoms with Crippen LogP contribution in [0.15, 0.2) is 0 Å². The molecule has 1 fully saturated rings. The number of thiazole rings is 1. The number of hydrogen-bond donors (Lipinski definition) is 3. The Hall–Kier alpha value is -1.83. The molecule has 18 heavy (non-hydrogen) atoms. The van der Waals surface area contributed by atoms with Gasteiger partial charge in [-0.25, -0.2) is 4.98 Å². The maximum Gasteiger partial charge on any atom is 0.268 e. The van der Waals surface area contributed by atoms with Crippen molar-refractivity contribution in [3.63, 3.8) is 0 Å². The summed E-state index contributed by atoms with van der Waals surface area (Å²) in [6, 6.07) is -0.481. The van der Waals surface area contributed by atoms with Gasteiger partial charge >= 0.3 is 0 Å². The third kappa shape index (κ3) is 2.10. The highest BCUT2D eigenvalue weighted by atomic mass is 32.1. The Morgan fingerprint density at radius 1 is 1.67 bits per heavy atom. The Bertz CT molecular complexity index is 487. The third-order valence-corrected chi connectivity index (χ3v) is 3.90. The van der Waals surface area contributed by atoms with Crippen LogP contribution in [0.1, 0.15) is 16.6 Å². The Balaban J connectivity index is 2.24. The fourth-order valence-corrected chi connectivity index (χ4v) is 2.58. The lowest BCUT2D eigenvalue weighted by molar-refractivity contribution is -0.127. The maximum absolute atomic E-state index is 12.3. The molecule has 2 rings (SSSR count). The van der Waals surface area contributed by atoms with E-state index in [0.717, 1.165) is 0 Å². The number of hydrogen-bond acceptors (Lipinski definition) is 6. The summed E-state index contributed by atoms with van der Waals surface area (Å²) in [4.78, 5) is 29.8. The molecule has 1 aliphatic rings. The lowest BCUT2D eigenvalue weighted by Gasteiger charge is -2.32. The second kappa shape index (κ2) is 4.81. The van der Waals surface area contributed by atoms with E-state index in [9.17, 15) is 9.59 Å². The average molecular weight is 269 g/mol. The second-order valence-electron chi connectivity index (χ2n) is 3.95. The number of nitrogen functional groups attached to an aromatic ring is 1. The van der Waals surface area contributed by atoms with Crippen LogP contribution in [-0.4, -0.2) is 47.9 Å². The molecule has 2 amide bonds. The molecular weight excluding hydrogens is 254 g/mol. The van der Waals surface area contributed by atoms with Crippen molar-refractivity contribution in [2.45, 2.75) is 13.0 Å². The van der Waals surface area contributed by atoms with Crippen molar-refractivity contribution in [1.29, 1.82) is 0 Å². The SMILES string of the molecule is CNc1nc(N)c(C(=O)N2CCNC(=O)C2C)s1. The molecule has 0 bridgehead atoms. The summed E-state index contributed by atoms with van der Waals surface area (Å²) in [5.74, 6) is -0.187. The largest absolute Gasteiger partial charge is 0.382 e. The van der Waals surface area contributed by atoms with Gasteiger partial charge in [-0.1, -0.05) is 11.3 Å². The molecule has 0 radical (unpaired) electrons. The monoisotopic (exact) mass is 269 g/mol. The van der Waals surface area contributed by atoms with Gasteiger partial charge in [-0.3, -0.25) is 9.59 Å². The van der Waals surface area contributed by atoms with Crippen molar-refractivity contribution in [2.24, 2.45) is 0 Å². The van der Waals surface area contributed by atoms with Gasteiger partial charge in [0.15, 0.2) is 5.13 Å². The van der Waals surface area contributed by atoms with E-state index in [2.05, 4.69) is 15.6 Å². The summed E-state index contributed by atoms with van der Waals surface area (Å²) in [5, 5.41) is 6.14. The quantitative estimate of drug-likeness (QED) is 0.686. The van der Waals surface area contributed by atoms with Gasteiger partial charge in [-0.05, 0) is 6.92 Å². The first kappa shape index (κ1) is 12.6. The normalized spacial score (nSPS) is 19.6. The van der Waals surface area contributed by atoms with Gasteiger partial charge in [0, 0.05) is 20.1 Å². The number of nitrogens with one attached hydrogen (secondary N) is 2. The highest BCUT2D eigenvalue weighted by Crippen LogP contribution is 2.26. The van der Waals surface area contributed by atoms with Gasteiger partial charge in [0.05, 0.1) is 0 Å². The van der Waals surface area contributed by atoms with Crippen molar-refractivity contribution in [3.8, 4) is 0 Å². The number of carbonyl (C=O) groups is 2. The van der Waals surface area contributed by atoms with E-state index in [4.69, 9.17) is 5.73 Å². The highest BCUT2D eigenvalue weighted by molar-refractivity contribution is 7.18. The van der Waals surface area contributed by atoms with Crippen LogP contribution in [0.2, 0.25) is 0 Å². The number of carbonyl (C=O) groups excluding carboxylic acids is 2. The molecule has 4 N–H and O–H groups in total. The highest BCUT2D eigenvalue weighted by Gasteiger charge is 2.32. The standard InChI is InChI=1S/C10H15N5O2S/c1-5-8(16)13-3-4-15(5)9(17)6-7(11)14-10(12-2)18-6/h5H,3-4,11H2,1-2H3,(H,12,14)(H,13,16). The predicted molar refractivity (Wildman–Crippen MR) is 69.6 cm³/mol. The first-order valence-corrected chi connectivity index (χ1v) is 6.39. The Labute approximate surface area is 108 Å². The molecule has 1 saturated heterocycles. The summed E-state index contributed by atoms with van der Waals surface area (Å²) in [6.07, 6.45) is 0. The van der Waals surface area contributed by atoms with Crippen LogP contribution in [0.3, 0.4) is 0 Å². The van der Waals surface area contributed by atoms with E-state index in [1.54, 1.807) is 14.0 Å². The van der Waals surface area contributed by atoms with Gasteiger partial charge in [0.25, 0.3) is 5.91 Å². The summed E-state index contributed by atoms with van der Waals surface area (Å²) < 4.78 is 0. The molecule has 0 aromatic carbocycles. The van der Waals surface area contributed by atoms with Crippen molar-refractivity contribution in [2.75, 3.05) is 31.2 Å². The molecular formula is C10H15N5O2S. The van der Waals surface area contributed by atoms with Gasteiger partial charge in [-0.15, -0.1) is 0 Å². The molecule has 0 aliphatic carbocycles. The van der Waals surface area contributed by atoms with Gasteiger partial charge in [0.1, 0.15) is 16.7 Å². The van der Waals surface area contributed by atoms with Crippen LogP contribution >= 0.6 is 11.3 Å². The zero-order valence-electron chi connectivity index (χ0n) is 10.2. The Kier molecular flexibility index (Phi) is 3.37. The van der Waals surface area contributed by atoms with E-state index >= 15 is 0 Å². The van der Waals surface area contributed by atoms with Crippen LogP contribution in [0.25, 0.3) is 0 Å². The molecule has 1 aromatic rings. The van der Waals surface area contributed by atoms with E-state index in [-0.39, 0.29) is 17.6 Å². The third-order valence-electron chi connectivity index (χ3n) is 2.82. The lowest BCUT2D eigenvalue weighted by Crippen LogP contribution is -2.55. The summed E-state index contributed by atoms with van der Waals surface area (Å²) in [7, 11) is 1.71. The fourth-order valence-electron chi connectivity index (χ4n) is 1.78. The maximum atomic E-state index is 12.3.